The Labute approximate surface area is 123 Å². The summed E-state index contributed by atoms with van der Waals surface area (Å²) in [6.07, 6.45) is 0. The molecule has 0 atom stereocenters. The van der Waals surface area contributed by atoms with Crippen LogP contribution in [0.5, 0.6) is 0 Å². The Morgan fingerprint density at radius 2 is 1.95 bits per heavy atom. The summed E-state index contributed by atoms with van der Waals surface area (Å²) in [7, 11) is 1.49. The molecule has 0 aromatic carbocycles. The van der Waals surface area contributed by atoms with E-state index in [2.05, 4.69) is 10.3 Å². The Balaban J connectivity index is 2.81. The normalized spacial score (nSPS) is 10.3. The van der Waals surface area contributed by atoms with Crippen molar-refractivity contribution in [2.75, 3.05) is 13.6 Å². The van der Waals surface area contributed by atoms with E-state index in [0.717, 1.165) is 0 Å². The monoisotopic (exact) mass is 293 g/mol. The van der Waals surface area contributed by atoms with E-state index in [4.69, 9.17) is 5.11 Å². The smallest absolute Gasteiger partial charge is 0.337 e. The lowest BCUT2D eigenvalue weighted by Crippen LogP contribution is -2.41. The molecule has 0 radical (unpaired) electrons. The molecule has 1 rings (SSSR count). The lowest BCUT2D eigenvalue weighted by molar-refractivity contribution is -0.122. The van der Waals surface area contributed by atoms with Gasteiger partial charge in [0.05, 0.1) is 17.8 Å². The summed E-state index contributed by atoms with van der Waals surface area (Å²) in [6, 6.07) is 2.67. The number of pyridine rings is 1. The van der Waals surface area contributed by atoms with Crippen LogP contribution in [0.25, 0.3) is 0 Å². The molecule has 0 unspecified atom stereocenters. The molecule has 0 spiro atoms. The van der Waals surface area contributed by atoms with Crippen LogP contribution in [0.4, 0.5) is 0 Å². The molecular weight excluding hydrogens is 274 g/mol. The number of carboxylic acids is 1. The van der Waals surface area contributed by atoms with Crippen LogP contribution in [0.1, 0.15) is 40.4 Å². The van der Waals surface area contributed by atoms with E-state index in [0.29, 0.717) is 0 Å². The molecule has 21 heavy (non-hydrogen) atoms. The van der Waals surface area contributed by atoms with Gasteiger partial charge in [0.1, 0.15) is 5.69 Å². The lowest BCUT2D eigenvalue weighted by atomic mass is 10.2. The van der Waals surface area contributed by atoms with Crippen molar-refractivity contribution < 1.29 is 19.5 Å². The number of carbonyl (C=O) groups is 3. The average Bonchev–Trinajstić information content (AvgIpc) is 2.35. The van der Waals surface area contributed by atoms with Crippen LogP contribution in [0.2, 0.25) is 0 Å². The number of carboxylic acid groups (broad SMARTS) is 1. The van der Waals surface area contributed by atoms with E-state index >= 15 is 0 Å². The molecule has 0 fully saturated rings. The molecule has 1 heterocycles. The first-order valence-electron chi connectivity index (χ1n) is 6.48. The zero-order valence-corrected chi connectivity index (χ0v) is 12.5. The van der Waals surface area contributed by atoms with Gasteiger partial charge in [0.2, 0.25) is 5.91 Å². The molecule has 1 aromatic rings. The SMILES string of the molecule is Cc1nc(C(=O)N(C)CC(=O)NC(C)C)ccc1C(=O)O. The maximum Gasteiger partial charge on any atom is 0.337 e. The number of rotatable bonds is 5. The molecule has 1 aromatic heterocycles. The minimum Gasteiger partial charge on any atom is -0.478 e. The lowest BCUT2D eigenvalue weighted by Gasteiger charge is -2.17. The van der Waals surface area contributed by atoms with Gasteiger partial charge in [-0.2, -0.15) is 0 Å². The van der Waals surface area contributed by atoms with Crippen LogP contribution >= 0.6 is 0 Å². The summed E-state index contributed by atoms with van der Waals surface area (Å²) >= 11 is 0. The predicted octanol–water partition coefficient (Wildman–Crippen LogP) is 0.685. The molecule has 114 valence electrons. The van der Waals surface area contributed by atoms with Gasteiger partial charge in [-0.15, -0.1) is 0 Å². The maximum atomic E-state index is 12.1. The van der Waals surface area contributed by atoms with Gasteiger partial charge in [0, 0.05) is 13.1 Å². The average molecular weight is 293 g/mol. The summed E-state index contributed by atoms with van der Waals surface area (Å²) in [5, 5.41) is 11.6. The van der Waals surface area contributed by atoms with Gasteiger partial charge >= 0.3 is 5.97 Å². The summed E-state index contributed by atoms with van der Waals surface area (Å²) in [5.41, 5.74) is 0.414. The second-order valence-electron chi connectivity index (χ2n) is 5.02. The zero-order chi connectivity index (χ0) is 16.2. The first-order chi connectivity index (χ1) is 9.72. The second-order valence-corrected chi connectivity index (χ2v) is 5.02. The van der Waals surface area contributed by atoms with E-state index in [9.17, 15) is 14.4 Å². The molecule has 0 saturated carbocycles. The van der Waals surface area contributed by atoms with Crippen LogP contribution in [-0.4, -0.2) is 52.4 Å². The van der Waals surface area contributed by atoms with Gasteiger partial charge in [0.15, 0.2) is 0 Å². The van der Waals surface area contributed by atoms with Crippen LogP contribution in [0.15, 0.2) is 12.1 Å². The van der Waals surface area contributed by atoms with Crippen LogP contribution < -0.4 is 5.32 Å². The van der Waals surface area contributed by atoms with Crippen molar-refractivity contribution >= 4 is 17.8 Å². The minimum atomic E-state index is -1.09. The van der Waals surface area contributed by atoms with Gasteiger partial charge in [0.25, 0.3) is 5.91 Å². The third-order valence-electron chi connectivity index (χ3n) is 2.71. The van der Waals surface area contributed by atoms with Crippen LogP contribution in [0, 0.1) is 6.92 Å². The highest BCUT2D eigenvalue weighted by Gasteiger charge is 2.18. The topological polar surface area (TPSA) is 99.6 Å². The van der Waals surface area contributed by atoms with Crippen molar-refractivity contribution in [2.24, 2.45) is 0 Å². The molecule has 7 heteroatoms. The highest BCUT2D eigenvalue weighted by Crippen LogP contribution is 2.08. The van der Waals surface area contributed by atoms with E-state index in [1.165, 1.54) is 31.0 Å². The number of nitrogens with zero attached hydrogens (tertiary/aromatic N) is 2. The van der Waals surface area contributed by atoms with Gasteiger partial charge in [-0.1, -0.05) is 0 Å². The van der Waals surface area contributed by atoms with Gasteiger partial charge in [-0.05, 0) is 32.9 Å². The molecule has 0 saturated heterocycles. The highest BCUT2D eigenvalue weighted by atomic mass is 16.4. The van der Waals surface area contributed by atoms with E-state index in [-0.39, 0.29) is 35.4 Å². The quantitative estimate of drug-likeness (QED) is 0.832. The summed E-state index contributed by atoms with van der Waals surface area (Å²) < 4.78 is 0. The molecular formula is C14H19N3O4. The van der Waals surface area contributed by atoms with E-state index in [1.54, 1.807) is 0 Å². The summed E-state index contributed by atoms with van der Waals surface area (Å²) in [5.74, 6) is -1.79. The van der Waals surface area contributed by atoms with Crippen molar-refractivity contribution in [3.63, 3.8) is 0 Å². The fourth-order valence-electron chi connectivity index (χ4n) is 1.76. The van der Waals surface area contributed by atoms with Gasteiger partial charge in [-0.3, -0.25) is 9.59 Å². The standard InChI is InChI=1S/C14H19N3O4/c1-8(2)15-12(18)7-17(4)13(19)11-6-5-10(14(20)21)9(3)16-11/h5-6,8H,7H2,1-4H3,(H,15,18)(H,20,21). The Bertz CT molecular complexity index is 569. The molecule has 0 bridgehead atoms. The third-order valence-corrected chi connectivity index (χ3v) is 2.71. The molecule has 0 aliphatic carbocycles. The number of nitrogens with one attached hydrogen (secondary N) is 1. The maximum absolute atomic E-state index is 12.1. The largest absolute Gasteiger partial charge is 0.478 e. The number of aromatic nitrogens is 1. The summed E-state index contributed by atoms with van der Waals surface area (Å²) in [4.78, 5) is 39.9. The first kappa shape index (κ1) is 16.6. The number of carbonyl (C=O) groups excluding carboxylic acids is 2. The molecule has 7 nitrogen and oxygen atoms in total. The van der Waals surface area contributed by atoms with Crippen molar-refractivity contribution in [1.82, 2.24) is 15.2 Å². The number of hydrogen-bond acceptors (Lipinski definition) is 4. The van der Waals surface area contributed by atoms with Crippen molar-refractivity contribution in [1.29, 1.82) is 0 Å². The molecule has 0 aliphatic heterocycles. The highest BCUT2D eigenvalue weighted by molar-refractivity contribution is 5.96. The predicted molar refractivity (Wildman–Crippen MR) is 76.2 cm³/mol. The van der Waals surface area contributed by atoms with Gasteiger partial charge in [-0.25, -0.2) is 9.78 Å². The van der Waals surface area contributed by atoms with E-state index < -0.39 is 11.9 Å². The fourth-order valence-corrected chi connectivity index (χ4v) is 1.76. The number of hydrogen-bond donors (Lipinski definition) is 2. The molecule has 0 aliphatic rings. The third kappa shape index (κ3) is 4.55. The van der Waals surface area contributed by atoms with E-state index in [1.807, 2.05) is 13.8 Å². The number of likely N-dealkylation sites (N-methyl/N-ethyl adjacent to an activating group) is 1. The second kappa shape index (κ2) is 6.83. The summed E-state index contributed by atoms with van der Waals surface area (Å²) in [6.45, 7) is 5.09. The number of aryl methyl sites for hydroxylation is 1. The molecule has 2 amide bonds. The fraction of sp³-hybridized carbons (Fsp3) is 0.429. The Morgan fingerprint density at radius 1 is 1.33 bits per heavy atom. The first-order valence-corrected chi connectivity index (χ1v) is 6.48. The Kier molecular flexibility index (Phi) is 5.40. The number of aromatic carboxylic acids is 1. The Hall–Kier alpha value is -2.44. The number of amides is 2. The van der Waals surface area contributed by atoms with Crippen molar-refractivity contribution in [2.45, 2.75) is 26.8 Å². The van der Waals surface area contributed by atoms with Crippen LogP contribution in [0.3, 0.4) is 0 Å². The molecule has 2 N–H and O–H groups in total. The van der Waals surface area contributed by atoms with Gasteiger partial charge < -0.3 is 15.3 Å². The van der Waals surface area contributed by atoms with Crippen LogP contribution in [-0.2, 0) is 4.79 Å². The van der Waals surface area contributed by atoms with Crippen molar-refractivity contribution in [3.8, 4) is 0 Å². The minimum absolute atomic E-state index is 0.00350. The Morgan fingerprint density at radius 3 is 2.43 bits per heavy atom. The zero-order valence-electron chi connectivity index (χ0n) is 12.5. The van der Waals surface area contributed by atoms with Crippen molar-refractivity contribution in [3.05, 3.63) is 29.1 Å².